The third-order valence-electron chi connectivity index (χ3n) is 1.03. The predicted molar refractivity (Wildman–Crippen MR) is 37.8 cm³/mol. The summed E-state index contributed by atoms with van der Waals surface area (Å²) in [6, 6.07) is 1.79. The highest BCUT2D eigenvalue weighted by atomic mass is 16.5. The summed E-state index contributed by atoms with van der Waals surface area (Å²) < 4.78 is 10.0. The van der Waals surface area contributed by atoms with Crippen molar-refractivity contribution >= 4 is 0 Å². The van der Waals surface area contributed by atoms with E-state index in [0.29, 0.717) is 12.4 Å². The van der Waals surface area contributed by atoms with Gasteiger partial charge in [-0.2, -0.15) is 0 Å². The maximum absolute atomic E-state index is 5.05. The lowest BCUT2D eigenvalue weighted by Crippen LogP contribution is -1.90. The highest BCUT2D eigenvalue weighted by molar-refractivity contribution is 5.18. The Kier molecular flexibility index (Phi) is 2.01. The van der Waals surface area contributed by atoms with Gasteiger partial charge in [-0.1, -0.05) is 5.92 Å². The number of ether oxygens (including phenoxy) is 1. The lowest BCUT2D eigenvalue weighted by Gasteiger charge is -1.92. The predicted octanol–water partition coefficient (Wildman–Crippen LogP) is 1.60. The molecule has 0 spiro atoms. The van der Waals surface area contributed by atoms with Crippen molar-refractivity contribution in [3.63, 3.8) is 0 Å². The van der Waals surface area contributed by atoms with Crippen molar-refractivity contribution in [2.75, 3.05) is 6.61 Å². The summed E-state index contributed by atoms with van der Waals surface area (Å²) in [5.74, 6) is 3.88. The van der Waals surface area contributed by atoms with E-state index in [0.717, 1.165) is 5.76 Å². The molecule has 0 aromatic carbocycles. The van der Waals surface area contributed by atoms with Crippen molar-refractivity contribution in [1.29, 1.82) is 0 Å². The fourth-order valence-corrected chi connectivity index (χ4v) is 0.620. The SMILES string of the molecule is C#CCOc1coc(C)c1. The van der Waals surface area contributed by atoms with Crippen molar-refractivity contribution in [2.24, 2.45) is 0 Å². The molecule has 0 aliphatic carbocycles. The van der Waals surface area contributed by atoms with Crippen LogP contribution in [0.1, 0.15) is 5.76 Å². The van der Waals surface area contributed by atoms with E-state index in [1.54, 1.807) is 6.07 Å². The average Bonchev–Trinajstić information content (AvgIpc) is 2.31. The molecule has 52 valence electrons. The number of hydrogen-bond donors (Lipinski definition) is 0. The molecule has 1 aromatic heterocycles. The minimum Gasteiger partial charge on any atom is -0.478 e. The van der Waals surface area contributed by atoms with Gasteiger partial charge >= 0.3 is 0 Å². The molecule has 1 aromatic rings. The summed E-state index contributed by atoms with van der Waals surface area (Å²) >= 11 is 0. The van der Waals surface area contributed by atoms with Crippen LogP contribution in [0, 0.1) is 19.3 Å². The zero-order valence-electron chi connectivity index (χ0n) is 5.76. The Morgan fingerprint density at radius 1 is 1.80 bits per heavy atom. The molecule has 1 rings (SSSR count). The van der Waals surface area contributed by atoms with Crippen LogP contribution in [-0.4, -0.2) is 6.61 Å². The van der Waals surface area contributed by atoms with E-state index >= 15 is 0 Å². The van der Waals surface area contributed by atoms with E-state index in [4.69, 9.17) is 15.6 Å². The van der Waals surface area contributed by atoms with Gasteiger partial charge in [-0.25, -0.2) is 0 Å². The Hall–Kier alpha value is -1.36. The van der Waals surface area contributed by atoms with E-state index in [9.17, 15) is 0 Å². The first-order valence-corrected chi connectivity index (χ1v) is 2.94. The molecule has 0 bridgehead atoms. The van der Waals surface area contributed by atoms with Gasteiger partial charge in [0.1, 0.15) is 18.6 Å². The molecular weight excluding hydrogens is 128 g/mol. The molecule has 0 amide bonds. The Labute approximate surface area is 59.8 Å². The fraction of sp³-hybridized carbons (Fsp3) is 0.250. The summed E-state index contributed by atoms with van der Waals surface area (Å²) in [4.78, 5) is 0. The van der Waals surface area contributed by atoms with Crippen LogP contribution >= 0.6 is 0 Å². The van der Waals surface area contributed by atoms with Crippen LogP contribution < -0.4 is 4.74 Å². The van der Waals surface area contributed by atoms with Gasteiger partial charge in [-0.15, -0.1) is 6.42 Å². The van der Waals surface area contributed by atoms with E-state index in [1.807, 2.05) is 6.92 Å². The topological polar surface area (TPSA) is 22.4 Å². The van der Waals surface area contributed by atoms with Crippen LogP contribution in [0.25, 0.3) is 0 Å². The Morgan fingerprint density at radius 3 is 3.10 bits per heavy atom. The van der Waals surface area contributed by atoms with Gasteiger partial charge in [0.2, 0.25) is 0 Å². The molecule has 0 radical (unpaired) electrons. The Bertz CT molecular complexity index is 242. The van der Waals surface area contributed by atoms with E-state index in [2.05, 4.69) is 5.92 Å². The van der Waals surface area contributed by atoms with Gasteiger partial charge in [0.25, 0.3) is 0 Å². The largest absolute Gasteiger partial charge is 0.478 e. The Morgan fingerprint density at radius 2 is 2.60 bits per heavy atom. The molecule has 0 aliphatic rings. The van der Waals surface area contributed by atoms with Crippen molar-refractivity contribution in [3.8, 4) is 18.1 Å². The molecule has 0 saturated carbocycles. The molecule has 0 atom stereocenters. The standard InChI is InChI=1S/C8H8O2/c1-3-4-9-8-5-7(2)10-6-8/h1,5-6H,4H2,2H3. The molecular formula is C8H8O2. The van der Waals surface area contributed by atoms with Gasteiger partial charge in [-0.05, 0) is 6.92 Å². The second kappa shape index (κ2) is 2.98. The number of rotatable bonds is 2. The van der Waals surface area contributed by atoms with Crippen LogP contribution in [0.5, 0.6) is 5.75 Å². The van der Waals surface area contributed by atoms with E-state index in [1.165, 1.54) is 6.26 Å². The number of furan rings is 1. The van der Waals surface area contributed by atoms with Crippen molar-refractivity contribution < 1.29 is 9.15 Å². The summed E-state index contributed by atoms with van der Waals surface area (Å²) in [5, 5.41) is 0. The molecule has 2 heteroatoms. The molecule has 1 heterocycles. The maximum Gasteiger partial charge on any atom is 0.159 e. The molecule has 2 nitrogen and oxygen atoms in total. The lowest BCUT2D eigenvalue weighted by molar-refractivity contribution is 0.364. The first-order valence-electron chi connectivity index (χ1n) is 2.94. The molecule has 10 heavy (non-hydrogen) atoms. The molecule has 0 N–H and O–H groups in total. The van der Waals surface area contributed by atoms with Gasteiger partial charge < -0.3 is 9.15 Å². The van der Waals surface area contributed by atoms with Gasteiger partial charge in [0.15, 0.2) is 5.75 Å². The van der Waals surface area contributed by atoms with Gasteiger partial charge in [0, 0.05) is 6.07 Å². The summed E-state index contributed by atoms with van der Waals surface area (Å²) in [6.45, 7) is 2.14. The van der Waals surface area contributed by atoms with Crippen LogP contribution in [0.15, 0.2) is 16.7 Å². The first kappa shape index (κ1) is 6.76. The summed E-state index contributed by atoms with van der Waals surface area (Å²) in [7, 11) is 0. The van der Waals surface area contributed by atoms with Crippen LogP contribution in [0.3, 0.4) is 0 Å². The molecule has 0 aliphatic heterocycles. The third-order valence-corrected chi connectivity index (χ3v) is 1.03. The summed E-state index contributed by atoms with van der Waals surface area (Å²) in [5.41, 5.74) is 0. The highest BCUT2D eigenvalue weighted by Crippen LogP contribution is 2.13. The molecule has 0 unspecified atom stereocenters. The minimum atomic E-state index is 0.291. The fourth-order valence-electron chi connectivity index (χ4n) is 0.620. The second-order valence-corrected chi connectivity index (χ2v) is 1.89. The Balaban J connectivity index is 2.52. The second-order valence-electron chi connectivity index (χ2n) is 1.89. The first-order chi connectivity index (χ1) is 4.83. The monoisotopic (exact) mass is 136 g/mol. The van der Waals surface area contributed by atoms with Gasteiger partial charge in [-0.3, -0.25) is 0 Å². The normalized spacial score (nSPS) is 8.80. The lowest BCUT2D eigenvalue weighted by atomic mass is 10.5. The van der Waals surface area contributed by atoms with Crippen molar-refractivity contribution in [3.05, 3.63) is 18.1 Å². The summed E-state index contributed by atoms with van der Waals surface area (Å²) in [6.07, 6.45) is 6.51. The zero-order chi connectivity index (χ0) is 7.40. The smallest absolute Gasteiger partial charge is 0.159 e. The van der Waals surface area contributed by atoms with Crippen molar-refractivity contribution in [1.82, 2.24) is 0 Å². The quantitative estimate of drug-likeness (QED) is 0.576. The molecule has 0 fully saturated rings. The highest BCUT2D eigenvalue weighted by Gasteiger charge is 1.94. The van der Waals surface area contributed by atoms with Crippen LogP contribution in [0.4, 0.5) is 0 Å². The molecule has 0 saturated heterocycles. The van der Waals surface area contributed by atoms with Gasteiger partial charge in [0.05, 0.1) is 0 Å². The minimum absolute atomic E-state index is 0.291. The van der Waals surface area contributed by atoms with Crippen molar-refractivity contribution in [2.45, 2.75) is 6.92 Å². The number of terminal acetylenes is 1. The third kappa shape index (κ3) is 1.56. The zero-order valence-corrected chi connectivity index (χ0v) is 5.76. The number of aryl methyl sites for hydroxylation is 1. The average molecular weight is 136 g/mol. The number of hydrogen-bond acceptors (Lipinski definition) is 2. The van der Waals surface area contributed by atoms with E-state index in [-0.39, 0.29) is 0 Å². The van der Waals surface area contributed by atoms with E-state index < -0.39 is 0 Å². The van der Waals surface area contributed by atoms with Crippen LogP contribution in [-0.2, 0) is 0 Å². The maximum atomic E-state index is 5.05. The van der Waals surface area contributed by atoms with Crippen LogP contribution in [0.2, 0.25) is 0 Å².